The number of fused-ring (bicyclic) bond motifs is 2. The van der Waals surface area contributed by atoms with E-state index in [9.17, 15) is 9.59 Å². The van der Waals surface area contributed by atoms with Crippen LogP contribution < -0.4 is 25.4 Å². The average Bonchev–Trinajstić information content (AvgIpc) is 3.48. The maximum atomic E-state index is 12.6. The summed E-state index contributed by atoms with van der Waals surface area (Å²) < 4.78 is 17.4. The van der Waals surface area contributed by atoms with Gasteiger partial charge in [0.1, 0.15) is 12.1 Å². The molecule has 2 aromatic heterocycles. The van der Waals surface area contributed by atoms with E-state index in [1.807, 2.05) is 30.3 Å². The minimum Gasteiger partial charge on any atom is -0.493 e. The van der Waals surface area contributed by atoms with Gasteiger partial charge in [0.15, 0.2) is 16.6 Å². The molecule has 13 nitrogen and oxygen atoms in total. The van der Waals surface area contributed by atoms with Crippen molar-refractivity contribution in [2.45, 2.75) is 6.42 Å². The van der Waals surface area contributed by atoms with Gasteiger partial charge in [0.25, 0.3) is 0 Å². The number of methoxy groups -OCH3 is 2. The molecule has 0 bridgehead atoms. The first-order valence-corrected chi connectivity index (χ1v) is 16.0. The Morgan fingerprint density at radius 1 is 0.915 bits per heavy atom. The van der Waals surface area contributed by atoms with Crippen LogP contribution in [0.15, 0.2) is 60.9 Å². The molecule has 0 radical (unpaired) electrons. The summed E-state index contributed by atoms with van der Waals surface area (Å²) in [7, 11) is 5.09. The summed E-state index contributed by atoms with van der Waals surface area (Å²) in [6, 6.07) is 15.5. The Morgan fingerprint density at radius 3 is 2.57 bits per heavy atom. The zero-order valence-electron chi connectivity index (χ0n) is 26.4. The van der Waals surface area contributed by atoms with Gasteiger partial charge in [0.2, 0.25) is 0 Å². The van der Waals surface area contributed by atoms with Crippen LogP contribution in [-0.4, -0.2) is 97.4 Å². The first-order valence-electron chi connectivity index (χ1n) is 15.2. The van der Waals surface area contributed by atoms with Gasteiger partial charge in [0, 0.05) is 55.6 Å². The summed E-state index contributed by atoms with van der Waals surface area (Å²) in [5.74, 6) is 1.39. The molecule has 3 N–H and O–H groups in total. The van der Waals surface area contributed by atoms with Crippen molar-refractivity contribution in [2.75, 3.05) is 76.5 Å². The number of nitrogens with zero attached hydrogens (tertiary/aromatic N) is 5. The largest absolute Gasteiger partial charge is 0.493 e. The van der Waals surface area contributed by atoms with E-state index in [1.54, 1.807) is 31.4 Å². The molecule has 1 aliphatic heterocycles. The molecule has 0 spiro atoms. The van der Waals surface area contributed by atoms with E-state index < -0.39 is 12.0 Å². The number of urea groups is 1. The summed E-state index contributed by atoms with van der Waals surface area (Å²) >= 11 is 1.33. The highest BCUT2D eigenvalue weighted by atomic mass is 32.1. The highest BCUT2D eigenvalue weighted by Gasteiger charge is 2.16. The summed E-state index contributed by atoms with van der Waals surface area (Å²) in [4.78, 5) is 42.8. The van der Waals surface area contributed by atoms with Gasteiger partial charge in [-0.05, 0) is 55.9 Å². The van der Waals surface area contributed by atoms with Crippen LogP contribution in [0.3, 0.4) is 0 Å². The zero-order chi connectivity index (χ0) is 32.8. The second kappa shape index (κ2) is 14.6. The molecular weight excluding hydrogens is 620 g/mol. The number of carbonyl (C=O) groups excluding carboxylic acids is 2. The Balaban J connectivity index is 1.11. The summed E-state index contributed by atoms with van der Waals surface area (Å²) in [5.41, 5.74) is 3.03. The Bertz CT molecular complexity index is 1890. The third-order valence-electron chi connectivity index (χ3n) is 7.81. The molecule has 47 heavy (non-hydrogen) atoms. The molecule has 1 saturated heterocycles. The number of likely N-dealkylation sites (N-methyl/N-ethyl adjacent to an activating group) is 1. The fourth-order valence-corrected chi connectivity index (χ4v) is 6.17. The van der Waals surface area contributed by atoms with Crippen LogP contribution in [0.4, 0.5) is 27.1 Å². The molecule has 3 heterocycles. The SMILES string of the molecule is COC(=O)c1cccc(NC(=O)Nc2nc3ccc(Nc4ncnc5cc(OCCCN6CCN(C)CC6)c(OC)cc45)cc3s2)c1. The molecular formula is C33H36N8O5S. The lowest BCUT2D eigenvalue weighted by molar-refractivity contribution is 0.0600. The maximum Gasteiger partial charge on any atom is 0.337 e. The molecule has 0 aliphatic carbocycles. The number of amides is 2. The number of thiazole rings is 1. The third kappa shape index (κ3) is 7.85. The summed E-state index contributed by atoms with van der Waals surface area (Å²) in [6.45, 7) is 5.96. The lowest BCUT2D eigenvalue weighted by atomic mass is 10.2. The van der Waals surface area contributed by atoms with Crippen molar-refractivity contribution in [2.24, 2.45) is 0 Å². The molecule has 0 atom stereocenters. The Kier molecular flexibility index (Phi) is 9.90. The first kappa shape index (κ1) is 31.9. The number of anilines is 4. The van der Waals surface area contributed by atoms with E-state index in [0.29, 0.717) is 40.3 Å². The standard InChI is InChI=1S/C33H36N8O5S/c1-40-11-13-41(14-12-40)10-5-15-46-28-19-26-24(18-27(28)44-2)30(35-20-34-26)36-23-8-9-25-29(17-23)47-33(38-25)39-32(43)37-22-7-4-6-21(16-22)31(42)45-3/h4,6-9,16-20H,5,10-15H2,1-3H3,(H,34,35,36)(H2,37,38,39,43). The van der Waals surface area contributed by atoms with Crippen LogP contribution in [0.25, 0.3) is 21.1 Å². The van der Waals surface area contributed by atoms with Crippen LogP contribution >= 0.6 is 11.3 Å². The quantitative estimate of drug-likeness (QED) is 0.124. The van der Waals surface area contributed by atoms with Crippen molar-refractivity contribution in [3.63, 3.8) is 0 Å². The molecule has 0 saturated carbocycles. The smallest absolute Gasteiger partial charge is 0.337 e. The van der Waals surface area contributed by atoms with E-state index in [0.717, 1.165) is 66.0 Å². The number of aromatic nitrogens is 3. The fourth-order valence-electron chi connectivity index (χ4n) is 5.27. The number of nitrogens with one attached hydrogen (secondary N) is 3. The maximum absolute atomic E-state index is 12.6. The summed E-state index contributed by atoms with van der Waals surface area (Å²) in [6.07, 6.45) is 2.44. The molecule has 6 rings (SSSR count). The number of ether oxygens (including phenoxy) is 3. The van der Waals surface area contributed by atoms with Gasteiger partial charge in [-0.1, -0.05) is 17.4 Å². The van der Waals surface area contributed by atoms with E-state index in [1.165, 1.54) is 24.8 Å². The summed E-state index contributed by atoms with van der Waals surface area (Å²) in [5, 5.41) is 10.1. The van der Waals surface area contributed by atoms with Crippen molar-refractivity contribution >= 4 is 66.8 Å². The van der Waals surface area contributed by atoms with E-state index in [-0.39, 0.29) is 0 Å². The van der Waals surface area contributed by atoms with Gasteiger partial charge in [-0.15, -0.1) is 0 Å². The number of piperazine rings is 1. The van der Waals surface area contributed by atoms with Crippen LogP contribution in [-0.2, 0) is 4.74 Å². The number of rotatable bonds is 11. The van der Waals surface area contributed by atoms with Crippen LogP contribution in [0.5, 0.6) is 11.5 Å². The van der Waals surface area contributed by atoms with Crippen molar-refractivity contribution in [1.82, 2.24) is 24.8 Å². The first-order chi connectivity index (χ1) is 22.9. The molecule has 5 aromatic rings. The molecule has 14 heteroatoms. The Morgan fingerprint density at radius 2 is 1.77 bits per heavy atom. The number of hydrogen-bond donors (Lipinski definition) is 3. The lowest BCUT2D eigenvalue weighted by Gasteiger charge is -2.32. The fraction of sp³-hybridized carbons (Fsp3) is 0.303. The van der Waals surface area contributed by atoms with Crippen molar-refractivity contribution < 1.29 is 23.8 Å². The van der Waals surface area contributed by atoms with Crippen molar-refractivity contribution in [3.8, 4) is 11.5 Å². The number of carbonyl (C=O) groups is 2. The second-order valence-corrected chi connectivity index (χ2v) is 12.1. The van der Waals surface area contributed by atoms with Crippen LogP contribution in [0.2, 0.25) is 0 Å². The zero-order valence-corrected chi connectivity index (χ0v) is 27.2. The molecule has 1 aliphatic rings. The van der Waals surface area contributed by atoms with Gasteiger partial charge in [-0.3, -0.25) is 5.32 Å². The van der Waals surface area contributed by atoms with Crippen LogP contribution in [0.1, 0.15) is 16.8 Å². The van der Waals surface area contributed by atoms with Gasteiger partial charge in [-0.2, -0.15) is 0 Å². The molecule has 3 aromatic carbocycles. The van der Waals surface area contributed by atoms with Crippen molar-refractivity contribution in [1.29, 1.82) is 0 Å². The van der Waals surface area contributed by atoms with Crippen LogP contribution in [0, 0.1) is 0 Å². The number of benzene rings is 3. The van der Waals surface area contributed by atoms with Crippen molar-refractivity contribution in [3.05, 3.63) is 66.5 Å². The van der Waals surface area contributed by atoms with E-state index >= 15 is 0 Å². The Hall–Kier alpha value is -5.05. The molecule has 2 amide bonds. The highest BCUT2D eigenvalue weighted by Crippen LogP contribution is 2.36. The van der Waals surface area contributed by atoms with Gasteiger partial charge >= 0.3 is 12.0 Å². The van der Waals surface area contributed by atoms with E-state index in [2.05, 4.69) is 47.7 Å². The second-order valence-electron chi connectivity index (χ2n) is 11.1. The van der Waals surface area contributed by atoms with E-state index in [4.69, 9.17) is 14.2 Å². The number of esters is 1. The average molecular weight is 657 g/mol. The number of hydrogen-bond acceptors (Lipinski definition) is 12. The lowest BCUT2D eigenvalue weighted by Crippen LogP contribution is -2.44. The van der Waals surface area contributed by atoms with Gasteiger partial charge in [-0.25, -0.2) is 24.5 Å². The third-order valence-corrected chi connectivity index (χ3v) is 8.74. The topological polar surface area (TPSA) is 143 Å². The van der Waals surface area contributed by atoms with Gasteiger partial charge in [0.05, 0.1) is 42.1 Å². The highest BCUT2D eigenvalue weighted by molar-refractivity contribution is 7.22. The Labute approximate surface area is 275 Å². The van der Waals surface area contributed by atoms with Gasteiger partial charge < -0.3 is 34.6 Å². The predicted molar refractivity (Wildman–Crippen MR) is 183 cm³/mol. The normalized spacial score (nSPS) is 13.8. The predicted octanol–water partition coefficient (Wildman–Crippen LogP) is 5.44. The minimum absolute atomic E-state index is 0.334. The monoisotopic (exact) mass is 656 g/mol. The molecule has 1 fully saturated rings. The molecule has 244 valence electrons. The molecule has 0 unspecified atom stereocenters. The minimum atomic E-state index is -0.486.